The Bertz CT molecular complexity index is 542. The molecule has 0 aliphatic heterocycles. The smallest absolute Gasteiger partial charge is 0.0162 e. The lowest BCUT2D eigenvalue weighted by Crippen LogP contribution is -2.13. The highest BCUT2D eigenvalue weighted by molar-refractivity contribution is 5.66. The van der Waals surface area contributed by atoms with Crippen LogP contribution in [0.4, 0.5) is 0 Å². The van der Waals surface area contributed by atoms with E-state index in [-0.39, 0.29) is 0 Å². The Morgan fingerprint density at radius 1 is 0.769 bits per heavy atom. The van der Waals surface area contributed by atoms with E-state index >= 15 is 0 Å². The molecule has 1 saturated carbocycles. The number of unbranched alkanes of at least 4 members (excludes halogenated alkanes) is 2. The second kappa shape index (κ2) is 10.3. The van der Waals surface area contributed by atoms with E-state index in [9.17, 15) is 0 Å². The maximum absolute atomic E-state index is 2.55. The molecular weight excluding hydrogens is 312 g/mol. The van der Waals surface area contributed by atoms with Crippen LogP contribution in [0.1, 0.15) is 114 Å². The van der Waals surface area contributed by atoms with E-state index in [2.05, 4.69) is 44.2 Å². The molecule has 3 rings (SSSR count). The van der Waals surface area contributed by atoms with Crippen LogP contribution in [0.2, 0.25) is 0 Å². The van der Waals surface area contributed by atoms with Gasteiger partial charge in [-0.05, 0) is 79.4 Å². The summed E-state index contributed by atoms with van der Waals surface area (Å²) in [5.41, 5.74) is 4.69. The van der Waals surface area contributed by atoms with Crippen molar-refractivity contribution < 1.29 is 0 Å². The van der Waals surface area contributed by atoms with Crippen LogP contribution in [0.3, 0.4) is 0 Å². The van der Waals surface area contributed by atoms with Crippen LogP contribution in [-0.4, -0.2) is 0 Å². The third-order valence-electron chi connectivity index (χ3n) is 7.03. The molecule has 0 bridgehead atoms. The van der Waals surface area contributed by atoms with Crippen molar-refractivity contribution in [3.05, 3.63) is 41.5 Å². The SMILES string of the molecule is CCCCCC1CC=C(c2ccc([C@H]3CC[C@H](CCC)CC3)cc2)CC1. The molecule has 26 heavy (non-hydrogen) atoms. The zero-order chi connectivity index (χ0) is 18.2. The lowest BCUT2D eigenvalue weighted by atomic mass is 9.77. The van der Waals surface area contributed by atoms with E-state index in [1.165, 1.54) is 89.0 Å². The molecule has 2 aliphatic carbocycles. The molecule has 0 spiro atoms. The largest absolute Gasteiger partial charge is 0.0804 e. The van der Waals surface area contributed by atoms with Gasteiger partial charge < -0.3 is 0 Å². The van der Waals surface area contributed by atoms with Gasteiger partial charge in [0.25, 0.3) is 0 Å². The van der Waals surface area contributed by atoms with Crippen molar-refractivity contribution >= 4 is 5.57 Å². The van der Waals surface area contributed by atoms with Gasteiger partial charge in [-0.25, -0.2) is 0 Å². The van der Waals surface area contributed by atoms with Crippen molar-refractivity contribution in [1.29, 1.82) is 0 Å². The van der Waals surface area contributed by atoms with Crippen molar-refractivity contribution in [2.75, 3.05) is 0 Å². The van der Waals surface area contributed by atoms with Gasteiger partial charge in [-0.3, -0.25) is 0 Å². The molecule has 2 aliphatic rings. The van der Waals surface area contributed by atoms with Crippen LogP contribution in [-0.2, 0) is 0 Å². The van der Waals surface area contributed by atoms with Gasteiger partial charge >= 0.3 is 0 Å². The van der Waals surface area contributed by atoms with Crippen LogP contribution >= 0.6 is 0 Å². The van der Waals surface area contributed by atoms with E-state index < -0.39 is 0 Å². The summed E-state index contributed by atoms with van der Waals surface area (Å²) in [6.07, 6.45) is 20.7. The summed E-state index contributed by atoms with van der Waals surface area (Å²) in [7, 11) is 0. The fourth-order valence-electron chi connectivity index (χ4n) is 5.26. The Morgan fingerprint density at radius 2 is 1.54 bits per heavy atom. The highest BCUT2D eigenvalue weighted by atomic mass is 14.3. The number of allylic oxidation sites excluding steroid dienone is 2. The molecule has 0 amide bonds. The predicted molar refractivity (Wildman–Crippen MR) is 116 cm³/mol. The number of benzene rings is 1. The number of hydrogen-bond acceptors (Lipinski definition) is 0. The summed E-state index contributed by atoms with van der Waals surface area (Å²) in [5, 5.41) is 0. The second-order valence-electron chi connectivity index (χ2n) is 8.99. The van der Waals surface area contributed by atoms with Gasteiger partial charge in [0.15, 0.2) is 0 Å². The summed E-state index contributed by atoms with van der Waals surface area (Å²) in [6, 6.07) is 9.70. The molecule has 0 saturated heterocycles. The first-order valence-corrected chi connectivity index (χ1v) is 11.6. The maximum Gasteiger partial charge on any atom is -0.0162 e. The minimum absolute atomic E-state index is 0.820. The Labute approximate surface area is 162 Å². The van der Waals surface area contributed by atoms with Gasteiger partial charge in [0.2, 0.25) is 0 Å². The lowest BCUT2D eigenvalue weighted by Gasteiger charge is -2.29. The molecule has 0 N–H and O–H groups in total. The maximum atomic E-state index is 2.55. The zero-order valence-corrected chi connectivity index (χ0v) is 17.3. The number of rotatable bonds is 8. The molecule has 0 aromatic heterocycles. The Hall–Kier alpha value is -1.04. The molecule has 1 aromatic carbocycles. The summed E-state index contributed by atoms with van der Waals surface area (Å²) >= 11 is 0. The lowest BCUT2D eigenvalue weighted by molar-refractivity contribution is 0.308. The molecule has 0 nitrogen and oxygen atoms in total. The molecule has 0 radical (unpaired) electrons. The van der Waals surface area contributed by atoms with Crippen LogP contribution < -0.4 is 0 Å². The number of hydrogen-bond donors (Lipinski definition) is 0. The van der Waals surface area contributed by atoms with Gasteiger partial charge in [-0.15, -0.1) is 0 Å². The molecule has 1 fully saturated rings. The van der Waals surface area contributed by atoms with E-state index in [4.69, 9.17) is 0 Å². The Kier molecular flexibility index (Phi) is 7.84. The van der Waals surface area contributed by atoms with Crippen molar-refractivity contribution in [3.63, 3.8) is 0 Å². The van der Waals surface area contributed by atoms with Crippen molar-refractivity contribution in [2.24, 2.45) is 11.8 Å². The Morgan fingerprint density at radius 3 is 2.15 bits per heavy atom. The molecule has 0 heterocycles. The first-order chi connectivity index (χ1) is 12.8. The fourth-order valence-corrected chi connectivity index (χ4v) is 5.26. The van der Waals surface area contributed by atoms with Crippen LogP contribution in [0.5, 0.6) is 0 Å². The van der Waals surface area contributed by atoms with Gasteiger partial charge in [-0.2, -0.15) is 0 Å². The van der Waals surface area contributed by atoms with Gasteiger partial charge in [-0.1, -0.05) is 82.7 Å². The third-order valence-corrected chi connectivity index (χ3v) is 7.03. The minimum Gasteiger partial charge on any atom is -0.0804 e. The average Bonchev–Trinajstić information content (AvgIpc) is 2.70. The Balaban J connectivity index is 1.50. The third kappa shape index (κ3) is 5.48. The summed E-state index contributed by atoms with van der Waals surface area (Å²) in [4.78, 5) is 0. The quantitative estimate of drug-likeness (QED) is 0.411. The fraction of sp³-hybridized carbons (Fsp3) is 0.692. The summed E-state index contributed by atoms with van der Waals surface area (Å²) in [5.74, 6) is 2.77. The van der Waals surface area contributed by atoms with E-state index in [1.807, 2.05) is 0 Å². The first-order valence-electron chi connectivity index (χ1n) is 11.6. The predicted octanol–water partition coefficient (Wildman–Crippen LogP) is 8.52. The molecule has 1 aromatic rings. The summed E-state index contributed by atoms with van der Waals surface area (Å²) < 4.78 is 0. The molecule has 0 heteroatoms. The first kappa shape index (κ1) is 19.7. The molecule has 1 unspecified atom stereocenters. The minimum atomic E-state index is 0.820. The van der Waals surface area contributed by atoms with Gasteiger partial charge in [0.05, 0.1) is 0 Å². The van der Waals surface area contributed by atoms with E-state index in [0.29, 0.717) is 0 Å². The van der Waals surface area contributed by atoms with Crippen molar-refractivity contribution in [1.82, 2.24) is 0 Å². The average molecular weight is 353 g/mol. The standard InChI is InChI=1S/C26H40/c1-3-5-6-8-22-11-15-24(16-12-22)26-19-17-25(18-20-26)23-13-9-21(7-4-2)10-14-23/h15,17-23H,3-14,16H2,1-2H3/t21-,22?,23-. The zero-order valence-electron chi connectivity index (χ0n) is 17.3. The monoisotopic (exact) mass is 352 g/mol. The van der Waals surface area contributed by atoms with E-state index in [0.717, 1.165) is 17.8 Å². The van der Waals surface area contributed by atoms with E-state index in [1.54, 1.807) is 11.1 Å². The molecule has 1 atom stereocenters. The van der Waals surface area contributed by atoms with Crippen LogP contribution in [0.25, 0.3) is 5.57 Å². The molecule has 144 valence electrons. The highest BCUT2D eigenvalue weighted by Crippen LogP contribution is 2.38. The van der Waals surface area contributed by atoms with Crippen LogP contribution in [0.15, 0.2) is 30.3 Å². The van der Waals surface area contributed by atoms with Gasteiger partial charge in [0, 0.05) is 0 Å². The van der Waals surface area contributed by atoms with Crippen molar-refractivity contribution in [3.8, 4) is 0 Å². The topological polar surface area (TPSA) is 0 Å². The van der Waals surface area contributed by atoms with Crippen LogP contribution in [0, 0.1) is 11.8 Å². The van der Waals surface area contributed by atoms with Gasteiger partial charge in [0.1, 0.15) is 0 Å². The summed E-state index contributed by atoms with van der Waals surface area (Å²) in [6.45, 7) is 4.64. The molecular formula is C26H40. The second-order valence-corrected chi connectivity index (χ2v) is 8.99. The van der Waals surface area contributed by atoms with Crippen molar-refractivity contribution in [2.45, 2.75) is 103 Å². The normalized spacial score (nSPS) is 26.5. The highest BCUT2D eigenvalue weighted by Gasteiger charge is 2.22.